The van der Waals surface area contributed by atoms with E-state index >= 15 is 0 Å². The summed E-state index contributed by atoms with van der Waals surface area (Å²) < 4.78 is 13.7. The number of hydrogen-bond donors (Lipinski definition) is 1. The third-order valence-corrected chi connectivity index (χ3v) is 3.15. The third kappa shape index (κ3) is 2.75. The molecular weight excluding hydrogens is 247 g/mol. The van der Waals surface area contributed by atoms with Crippen LogP contribution in [0, 0.1) is 12.7 Å². The summed E-state index contributed by atoms with van der Waals surface area (Å²) in [6, 6.07) is 4.09. The van der Waals surface area contributed by atoms with Crippen molar-refractivity contribution in [3.63, 3.8) is 0 Å². The van der Waals surface area contributed by atoms with Gasteiger partial charge in [-0.05, 0) is 31.0 Å². The van der Waals surface area contributed by atoms with E-state index in [9.17, 15) is 14.0 Å². The van der Waals surface area contributed by atoms with Crippen molar-refractivity contribution >= 4 is 17.5 Å². The Labute approximate surface area is 111 Å². The van der Waals surface area contributed by atoms with Crippen molar-refractivity contribution in [2.45, 2.75) is 32.7 Å². The average Bonchev–Trinajstić information content (AvgIpc) is 2.61. The molecule has 1 atom stereocenters. The minimum absolute atomic E-state index is 0.0894. The first-order chi connectivity index (χ1) is 9.02. The molecule has 0 saturated carbocycles. The predicted molar refractivity (Wildman–Crippen MR) is 70.2 cm³/mol. The number of nitrogens with one attached hydrogen (secondary N) is 1. The second-order valence-electron chi connectivity index (χ2n) is 4.77. The molecule has 2 amide bonds. The van der Waals surface area contributed by atoms with Crippen LogP contribution < -0.4 is 5.32 Å². The van der Waals surface area contributed by atoms with Crippen molar-refractivity contribution in [3.05, 3.63) is 29.6 Å². The van der Waals surface area contributed by atoms with Crippen molar-refractivity contribution in [1.29, 1.82) is 0 Å². The van der Waals surface area contributed by atoms with Crippen LogP contribution in [0.1, 0.15) is 25.3 Å². The van der Waals surface area contributed by atoms with Gasteiger partial charge in [0.15, 0.2) is 0 Å². The van der Waals surface area contributed by atoms with Crippen molar-refractivity contribution in [3.8, 4) is 0 Å². The number of nitrogens with zero attached hydrogens (tertiary/aromatic N) is 1. The third-order valence-electron chi connectivity index (χ3n) is 3.15. The Morgan fingerprint density at radius 2 is 2.16 bits per heavy atom. The Morgan fingerprint density at radius 1 is 1.42 bits per heavy atom. The van der Waals surface area contributed by atoms with Gasteiger partial charge in [-0.25, -0.2) is 4.39 Å². The molecule has 1 aliphatic rings. The van der Waals surface area contributed by atoms with Crippen LogP contribution in [-0.4, -0.2) is 29.3 Å². The lowest BCUT2D eigenvalue weighted by atomic mass is 10.2. The zero-order valence-electron chi connectivity index (χ0n) is 11.1. The molecule has 0 aromatic heterocycles. The number of carbonyl (C=O) groups is 2. The number of benzene rings is 1. The largest absolute Gasteiger partial charge is 0.371 e. The van der Waals surface area contributed by atoms with Gasteiger partial charge in [-0.15, -0.1) is 0 Å². The van der Waals surface area contributed by atoms with Gasteiger partial charge in [0.1, 0.15) is 11.9 Å². The van der Waals surface area contributed by atoms with E-state index in [0.29, 0.717) is 6.54 Å². The molecule has 0 spiro atoms. The summed E-state index contributed by atoms with van der Waals surface area (Å²) in [4.78, 5) is 24.9. The Hall–Kier alpha value is -1.91. The monoisotopic (exact) mass is 264 g/mol. The highest BCUT2D eigenvalue weighted by Crippen LogP contribution is 2.21. The first-order valence-corrected chi connectivity index (χ1v) is 6.39. The topological polar surface area (TPSA) is 49.4 Å². The maximum Gasteiger partial charge on any atom is 0.252 e. The summed E-state index contributed by atoms with van der Waals surface area (Å²) in [6.45, 7) is 4.12. The molecule has 1 aliphatic heterocycles. The summed E-state index contributed by atoms with van der Waals surface area (Å²) in [5.41, 5.74) is 1.07. The number of aryl methyl sites for hydroxylation is 1. The first-order valence-electron chi connectivity index (χ1n) is 6.39. The van der Waals surface area contributed by atoms with Crippen molar-refractivity contribution in [2.24, 2.45) is 0 Å². The second-order valence-corrected chi connectivity index (χ2v) is 4.77. The Bertz CT molecular complexity index is 516. The number of hydrogen-bond acceptors (Lipinski definition) is 3. The maximum absolute atomic E-state index is 13.7. The Balaban J connectivity index is 2.12. The van der Waals surface area contributed by atoms with Crippen LogP contribution in [0.25, 0.3) is 0 Å². The second kappa shape index (κ2) is 5.38. The molecule has 1 N–H and O–H groups in total. The number of carbonyl (C=O) groups excluding carboxylic acids is 2. The van der Waals surface area contributed by atoms with Gasteiger partial charge >= 0.3 is 0 Å². The summed E-state index contributed by atoms with van der Waals surface area (Å²) in [5, 5.41) is 2.82. The molecule has 1 saturated heterocycles. The van der Waals surface area contributed by atoms with E-state index in [2.05, 4.69) is 5.32 Å². The molecule has 102 valence electrons. The average molecular weight is 264 g/mol. The lowest BCUT2D eigenvalue weighted by Crippen LogP contribution is -2.35. The fourth-order valence-corrected chi connectivity index (χ4v) is 2.18. The first kappa shape index (κ1) is 13.5. The molecular formula is C14H17FN2O2. The van der Waals surface area contributed by atoms with E-state index in [1.54, 1.807) is 19.1 Å². The molecule has 4 nitrogen and oxygen atoms in total. The molecule has 0 aliphatic carbocycles. The van der Waals surface area contributed by atoms with Crippen LogP contribution in [0.2, 0.25) is 0 Å². The molecule has 1 heterocycles. The van der Waals surface area contributed by atoms with Crippen LogP contribution in [-0.2, 0) is 9.59 Å². The SMILES string of the molecule is CCCN1C(=O)CC(Nc2ccc(C)cc2F)C1=O. The van der Waals surface area contributed by atoms with Gasteiger partial charge in [-0.1, -0.05) is 13.0 Å². The normalized spacial score (nSPS) is 19.1. The van der Waals surface area contributed by atoms with Gasteiger partial charge in [0.25, 0.3) is 5.91 Å². The van der Waals surface area contributed by atoms with Crippen LogP contribution in [0.3, 0.4) is 0 Å². The number of likely N-dealkylation sites (tertiary alicyclic amines) is 1. The van der Waals surface area contributed by atoms with Gasteiger partial charge in [-0.3, -0.25) is 14.5 Å². The summed E-state index contributed by atoms with van der Waals surface area (Å²) >= 11 is 0. The summed E-state index contributed by atoms with van der Waals surface area (Å²) in [7, 11) is 0. The number of rotatable bonds is 4. The van der Waals surface area contributed by atoms with E-state index in [4.69, 9.17) is 0 Å². The molecule has 1 aromatic carbocycles. The number of imide groups is 1. The molecule has 19 heavy (non-hydrogen) atoms. The molecule has 5 heteroatoms. The fourth-order valence-electron chi connectivity index (χ4n) is 2.18. The Morgan fingerprint density at radius 3 is 2.79 bits per heavy atom. The molecule has 2 rings (SSSR count). The van der Waals surface area contributed by atoms with E-state index in [1.807, 2.05) is 6.92 Å². The number of amides is 2. The summed E-state index contributed by atoms with van der Waals surface area (Å²) in [5.74, 6) is -0.877. The van der Waals surface area contributed by atoms with Crippen LogP contribution in [0.15, 0.2) is 18.2 Å². The zero-order chi connectivity index (χ0) is 14.0. The highest BCUT2D eigenvalue weighted by molar-refractivity contribution is 6.06. The van der Waals surface area contributed by atoms with Crippen LogP contribution in [0.5, 0.6) is 0 Å². The van der Waals surface area contributed by atoms with Crippen LogP contribution >= 0.6 is 0 Å². The highest BCUT2D eigenvalue weighted by Gasteiger charge is 2.38. The zero-order valence-corrected chi connectivity index (χ0v) is 11.1. The van der Waals surface area contributed by atoms with Crippen molar-refractivity contribution in [2.75, 3.05) is 11.9 Å². The number of halogens is 1. The van der Waals surface area contributed by atoms with E-state index in [0.717, 1.165) is 12.0 Å². The molecule has 0 bridgehead atoms. The summed E-state index contributed by atoms with van der Waals surface area (Å²) in [6.07, 6.45) is 0.815. The van der Waals surface area contributed by atoms with Crippen molar-refractivity contribution in [1.82, 2.24) is 4.90 Å². The van der Waals surface area contributed by atoms with E-state index in [-0.39, 0.29) is 23.9 Å². The minimum atomic E-state index is -0.656. The molecule has 1 unspecified atom stereocenters. The van der Waals surface area contributed by atoms with Gasteiger partial charge < -0.3 is 5.32 Å². The number of anilines is 1. The smallest absolute Gasteiger partial charge is 0.252 e. The van der Waals surface area contributed by atoms with E-state index in [1.165, 1.54) is 11.0 Å². The van der Waals surface area contributed by atoms with Crippen LogP contribution in [0.4, 0.5) is 10.1 Å². The fraction of sp³-hybridized carbons (Fsp3) is 0.429. The standard InChI is InChI=1S/C14H17FN2O2/c1-3-6-17-13(18)8-12(14(17)19)16-11-5-4-9(2)7-10(11)15/h4-5,7,12,16H,3,6,8H2,1-2H3. The van der Waals surface area contributed by atoms with Gasteiger partial charge in [0.05, 0.1) is 12.1 Å². The quantitative estimate of drug-likeness (QED) is 0.847. The van der Waals surface area contributed by atoms with E-state index < -0.39 is 11.9 Å². The van der Waals surface area contributed by atoms with Crippen molar-refractivity contribution < 1.29 is 14.0 Å². The minimum Gasteiger partial charge on any atom is -0.371 e. The molecule has 1 fully saturated rings. The molecule has 0 radical (unpaired) electrons. The predicted octanol–water partition coefficient (Wildman–Crippen LogP) is 2.08. The lowest BCUT2D eigenvalue weighted by molar-refractivity contribution is -0.138. The van der Waals surface area contributed by atoms with Gasteiger partial charge in [-0.2, -0.15) is 0 Å². The van der Waals surface area contributed by atoms with Gasteiger partial charge in [0, 0.05) is 6.54 Å². The maximum atomic E-state index is 13.7. The molecule has 1 aromatic rings. The highest BCUT2D eigenvalue weighted by atomic mass is 19.1. The Kier molecular flexibility index (Phi) is 3.83. The lowest BCUT2D eigenvalue weighted by Gasteiger charge is -2.15. The van der Waals surface area contributed by atoms with Gasteiger partial charge in [0.2, 0.25) is 5.91 Å².